The fourth-order valence-electron chi connectivity index (χ4n) is 1.98. The van der Waals surface area contributed by atoms with Crippen molar-refractivity contribution in [3.63, 3.8) is 0 Å². The van der Waals surface area contributed by atoms with Gasteiger partial charge in [0.2, 0.25) is 0 Å². The molecule has 0 saturated carbocycles. The minimum absolute atomic E-state index is 0.391. The van der Waals surface area contributed by atoms with Crippen molar-refractivity contribution in [1.82, 2.24) is 9.80 Å². The summed E-state index contributed by atoms with van der Waals surface area (Å²) in [5.41, 5.74) is 10.9. The number of nitrogen functional groups attached to an aromatic ring is 1. The van der Waals surface area contributed by atoms with Gasteiger partial charge in [-0.1, -0.05) is 0 Å². The molecule has 3 N–H and O–H groups in total. The summed E-state index contributed by atoms with van der Waals surface area (Å²) in [6.45, 7) is 5.20. The van der Waals surface area contributed by atoms with Crippen LogP contribution < -0.4 is 15.9 Å². The number of carbonyl (C=O) groups excluding carboxylic acids is 1. The smallest absolute Gasteiger partial charge is 0.280 e. The average Bonchev–Trinajstić information content (AvgIpc) is 2.91. The van der Waals surface area contributed by atoms with Crippen LogP contribution in [0.4, 0.5) is 5.00 Å². The second kappa shape index (κ2) is 7.57. The fourth-order valence-corrected chi connectivity index (χ4v) is 2.69. The van der Waals surface area contributed by atoms with Crippen molar-refractivity contribution in [2.45, 2.75) is 26.9 Å². The summed E-state index contributed by atoms with van der Waals surface area (Å²) in [7, 11) is 0. The maximum atomic E-state index is 12.1. The molecule has 0 aliphatic rings. The minimum Gasteiger partial charge on any atom is -0.481 e. The predicted molar refractivity (Wildman–Crippen MR) is 92.9 cm³/mol. The lowest BCUT2D eigenvalue weighted by molar-refractivity contribution is -0.127. The van der Waals surface area contributed by atoms with Crippen LogP contribution in [0.5, 0.6) is 5.75 Å². The molecule has 2 rings (SSSR count). The number of anilines is 1. The van der Waals surface area contributed by atoms with Crippen LogP contribution in [-0.4, -0.2) is 22.1 Å². The zero-order valence-electron chi connectivity index (χ0n) is 13.5. The first-order valence-corrected chi connectivity index (χ1v) is 7.92. The van der Waals surface area contributed by atoms with Crippen LogP contribution in [0.3, 0.4) is 0 Å². The van der Waals surface area contributed by atoms with E-state index in [4.69, 9.17) is 15.7 Å². The lowest BCUT2D eigenvalue weighted by Crippen LogP contribution is -2.34. The number of carbonyl (C=O) groups is 1. The third-order valence-electron chi connectivity index (χ3n) is 3.25. The van der Waals surface area contributed by atoms with E-state index in [2.05, 4.69) is 14.9 Å². The molecule has 1 aromatic heterocycles. The van der Waals surface area contributed by atoms with Crippen LogP contribution in [0.2, 0.25) is 0 Å². The van der Waals surface area contributed by atoms with E-state index in [1.54, 1.807) is 38.1 Å². The van der Waals surface area contributed by atoms with Crippen molar-refractivity contribution in [3.05, 3.63) is 41.1 Å². The summed E-state index contributed by atoms with van der Waals surface area (Å²) >= 11 is 1.19. The van der Waals surface area contributed by atoms with E-state index in [-0.39, 0.29) is 0 Å². The quantitative estimate of drug-likeness (QED) is 0.638. The molecule has 24 heavy (non-hydrogen) atoms. The number of hydrazone groups is 1. The van der Waals surface area contributed by atoms with Crippen molar-refractivity contribution < 1.29 is 9.53 Å². The first kappa shape index (κ1) is 17.4. The van der Waals surface area contributed by atoms with Crippen molar-refractivity contribution in [2.75, 3.05) is 5.73 Å². The Morgan fingerprint density at radius 3 is 2.67 bits per heavy atom. The van der Waals surface area contributed by atoms with Gasteiger partial charge in [-0.2, -0.15) is 14.7 Å². The molecule has 0 spiro atoms. The van der Waals surface area contributed by atoms with E-state index in [0.717, 1.165) is 11.3 Å². The number of benzene rings is 1. The van der Waals surface area contributed by atoms with Crippen molar-refractivity contribution in [1.29, 1.82) is 5.26 Å². The number of nitriles is 1. The molecule has 2 aromatic rings. The number of nitrogens with two attached hydrogens (primary N) is 1. The van der Waals surface area contributed by atoms with E-state index in [9.17, 15) is 4.79 Å². The highest BCUT2D eigenvalue weighted by atomic mass is 32.1. The predicted octanol–water partition coefficient (Wildman–Crippen LogP) is 2.21. The number of aromatic nitrogens is 1. The Bertz CT molecular complexity index is 785. The van der Waals surface area contributed by atoms with Crippen molar-refractivity contribution in [3.8, 4) is 11.8 Å². The Morgan fingerprint density at radius 1 is 1.46 bits per heavy atom. The molecular formula is C16H17N5O2S. The zero-order valence-corrected chi connectivity index (χ0v) is 14.3. The summed E-state index contributed by atoms with van der Waals surface area (Å²) in [6.07, 6.45) is -0.742. The summed E-state index contributed by atoms with van der Waals surface area (Å²) in [6, 6.07) is 8.54. The second-order valence-corrected chi connectivity index (χ2v) is 5.88. The van der Waals surface area contributed by atoms with Crippen LogP contribution in [0.25, 0.3) is 0 Å². The van der Waals surface area contributed by atoms with E-state index < -0.39 is 12.0 Å². The number of ether oxygens (including phenoxy) is 1. The number of amides is 1. The molecule has 0 aliphatic heterocycles. The molecule has 1 aromatic carbocycles. The zero-order chi connectivity index (χ0) is 17.7. The minimum atomic E-state index is -0.742. The fraction of sp³-hybridized carbons (Fsp3) is 0.250. The van der Waals surface area contributed by atoms with Gasteiger partial charge in [-0.25, -0.2) is 5.43 Å². The summed E-state index contributed by atoms with van der Waals surface area (Å²) in [5, 5.41) is 13.4. The molecule has 1 heterocycles. The molecule has 8 heteroatoms. The van der Waals surface area contributed by atoms with Gasteiger partial charge < -0.3 is 10.5 Å². The lowest BCUT2D eigenvalue weighted by Gasteiger charge is -2.13. The molecule has 124 valence electrons. The summed E-state index contributed by atoms with van der Waals surface area (Å²) in [5.74, 6) is 0.109. The summed E-state index contributed by atoms with van der Waals surface area (Å²) < 4.78 is 9.67. The van der Waals surface area contributed by atoms with E-state index >= 15 is 0 Å². The largest absolute Gasteiger partial charge is 0.481 e. The molecular weight excluding hydrogens is 326 g/mol. The highest BCUT2D eigenvalue weighted by Gasteiger charge is 2.16. The Kier molecular flexibility index (Phi) is 5.50. The molecule has 0 fully saturated rings. The number of rotatable bonds is 5. The van der Waals surface area contributed by atoms with Crippen molar-refractivity contribution >= 4 is 28.2 Å². The van der Waals surface area contributed by atoms with Gasteiger partial charge in [0.05, 0.1) is 28.6 Å². The molecule has 0 saturated heterocycles. The van der Waals surface area contributed by atoms with Crippen LogP contribution in [-0.2, 0) is 4.79 Å². The van der Waals surface area contributed by atoms with E-state index in [0.29, 0.717) is 22.0 Å². The van der Waals surface area contributed by atoms with Gasteiger partial charge >= 0.3 is 0 Å². The molecule has 1 atom stereocenters. The van der Waals surface area contributed by atoms with Crippen LogP contribution in [0.15, 0.2) is 29.4 Å². The van der Waals surface area contributed by atoms with Crippen LogP contribution in [0, 0.1) is 18.3 Å². The van der Waals surface area contributed by atoms with Gasteiger partial charge in [-0.3, -0.25) is 4.79 Å². The third kappa shape index (κ3) is 4.08. The van der Waals surface area contributed by atoms with Crippen molar-refractivity contribution in [2.24, 2.45) is 5.10 Å². The SMILES string of the molecule is C/C(=N/NC(=O)[C@@H](C)Oc1ccc(C#N)cc1)c1c(C)nsc1N. The Labute approximate surface area is 143 Å². The highest BCUT2D eigenvalue weighted by Crippen LogP contribution is 2.21. The van der Waals surface area contributed by atoms with Gasteiger partial charge in [0.1, 0.15) is 10.8 Å². The molecule has 0 aliphatic carbocycles. The lowest BCUT2D eigenvalue weighted by atomic mass is 10.2. The monoisotopic (exact) mass is 343 g/mol. The van der Waals surface area contributed by atoms with Crippen LogP contribution >= 0.6 is 11.5 Å². The van der Waals surface area contributed by atoms with Gasteiger partial charge in [-0.15, -0.1) is 0 Å². The normalized spacial score (nSPS) is 12.3. The Hall–Kier alpha value is -2.92. The third-order valence-corrected chi connectivity index (χ3v) is 4.02. The van der Waals surface area contributed by atoms with Crippen LogP contribution in [0.1, 0.15) is 30.7 Å². The number of hydrogen-bond acceptors (Lipinski definition) is 7. The first-order chi connectivity index (χ1) is 11.4. The number of nitrogens with zero attached hydrogens (tertiary/aromatic N) is 3. The number of hydrogen-bond donors (Lipinski definition) is 2. The maximum absolute atomic E-state index is 12.1. The summed E-state index contributed by atoms with van der Waals surface area (Å²) in [4.78, 5) is 12.1. The number of aryl methyl sites for hydroxylation is 1. The molecule has 0 bridgehead atoms. The van der Waals surface area contributed by atoms with Gasteiger partial charge in [-0.05, 0) is 56.6 Å². The highest BCUT2D eigenvalue weighted by molar-refractivity contribution is 7.10. The molecule has 7 nitrogen and oxygen atoms in total. The maximum Gasteiger partial charge on any atom is 0.280 e. The first-order valence-electron chi connectivity index (χ1n) is 7.15. The Balaban J connectivity index is 1.98. The van der Waals surface area contributed by atoms with Gasteiger partial charge in [0.25, 0.3) is 5.91 Å². The molecule has 1 amide bonds. The Morgan fingerprint density at radius 2 is 2.12 bits per heavy atom. The second-order valence-electron chi connectivity index (χ2n) is 5.08. The topological polar surface area (TPSA) is 113 Å². The standard InChI is InChI=1S/C16H17N5O2S/c1-9(14-10(2)21-24-15(14)18)19-20-16(22)11(3)23-13-6-4-12(8-17)5-7-13/h4-7,11H,18H2,1-3H3,(H,20,22)/b19-9-/t11-/m1/s1. The van der Waals surface area contributed by atoms with E-state index in [1.807, 2.05) is 13.0 Å². The molecule has 0 unspecified atom stereocenters. The average molecular weight is 343 g/mol. The molecule has 0 radical (unpaired) electrons. The van der Waals surface area contributed by atoms with Gasteiger partial charge in [0, 0.05) is 0 Å². The van der Waals surface area contributed by atoms with E-state index in [1.165, 1.54) is 11.5 Å². The van der Waals surface area contributed by atoms with Gasteiger partial charge in [0.15, 0.2) is 6.10 Å². The number of nitrogens with one attached hydrogen (secondary N) is 1.